The number of amides is 1. The van der Waals surface area contributed by atoms with Crippen molar-refractivity contribution < 1.29 is 4.79 Å². The Bertz CT molecular complexity index is 619. The fourth-order valence-corrected chi connectivity index (χ4v) is 3.52. The van der Waals surface area contributed by atoms with E-state index >= 15 is 0 Å². The van der Waals surface area contributed by atoms with E-state index < -0.39 is 5.41 Å². The molecule has 112 valence electrons. The van der Waals surface area contributed by atoms with Gasteiger partial charge >= 0.3 is 0 Å². The van der Waals surface area contributed by atoms with E-state index in [0.29, 0.717) is 12.2 Å². The van der Waals surface area contributed by atoms with Gasteiger partial charge in [0.2, 0.25) is 5.91 Å². The lowest BCUT2D eigenvalue weighted by molar-refractivity contribution is -0.125. The molecule has 0 unspecified atom stereocenters. The summed E-state index contributed by atoms with van der Waals surface area (Å²) in [6.07, 6.45) is 0.847. The van der Waals surface area contributed by atoms with Gasteiger partial charge in [-0.15, -0.1) is 11.3 Å². The molecule has 1 aromatic heterocycles. The monoisotopic (exact) mass is 366 g/mol. The van der Waals surface area contributed by atoms with Crippen LogP contribution in [0.15, 0.2) is 40.2 Å². The zero-order valence-electron chi connectivity index (χ0n) is 12.2. The summed E-state index contributed by atoms with van der Waals surface area (Å²) in [5.74, 6) is 0.0305. The summed E-state index contributed by atoms with van der Waals surface area (Å²) in [7, 11) is 0. The highest BCUT2D eigenvalue weighted by molar-refractivity contribution is 9.11. The van der Waals surface area contributed by atoms with Crippen molar-refractivity contribution in [1.82, 2.24) is 5.32 Å². The van der Waals surface area contributed by atoms with E-state index in [9.17, 15) is 4.79 Å². The Kier molecular flexibility index (Phi) is 5.06. The third-order valence-electron chi connectivity index (χ3n) is 3.49. The fraction of sp³-hybridized carbons (Fsp3) is 0.312. The minimum Gasteiger partial charge on any atom is -0.399 e. The number of halogens is 1. The largest absolute Gasteiger partial charge is 0.399 e. The van der Waals surface area contributed by atoms with Gasteiger partial charge in [-0.25, -0.2) is 0 Å². The summed E-state index contributed by atoms with van der Waals surface area (Å²) in [6.45, 7) is 4.50. The second-order valence-corrected chi connectivity index (χ2v) is 8.01. The highest BCUT2D eigenvalue weighted by atomic mass is 79.9. The van der Waals surface area contributed by atoms with Gasteiger partial charge in [0.05, 0.1) is 9.20 Å². The summed E-state index contributed by atoms with van der Waals surface area (Å²) in [5, 5.41) is 3.01. The summed E-state index contributed by atoms with van der Waals surface area (Å²) < 4.78 is 1.12. The van der Waals surface area contributed by atoms with Gasteiger partial charge in [0.15, 0.2) is 0 Å². The number of anilines is 1. The van der Waals surface area contributed by atoms with E-state index in [1.54, 1.807) is 11.3 Å². The maximum Gasteiger partial charge on any atom is 0.230 e. The van der Waals surface area contributed by atoms with Gasteiger partial charge in [-0.2, -0.15) is 0 Å². The smallest absolute Gasteiger partial charge is 0.230 e. The van der Waals surface area contributed by atoms with Gasteiger partial charge in [-0.3, -0.25) is 4.79 Å². The first-order valence-corrected chi connectivity index (χ1v) is 8.39. The lowest BCUT2D eigenvalue weighted by Gasteiger charge is -2.24. The molecule has 0 aliphatic carbocycles. The van der Waals surface area contributed by atoms with Crippen molar-refractivity contribution in [3.05, 3.63) is 50.6 Å². The topological polar surface area (TPSA) is 55.1 Å². The molecule has 21 heavy (non-hydrogen) atoms. The molecule has 0 radical (unpaired) electrons. The van der Waals surface area contributed by atoms with E-state index in [-0.39, 0.29) is 5.91 Å². The minimum atomic E-state index is -0.566. The summed E-state index contributed by atoms with van der Waals surface area (Å²) in [5.41, 5.74) is 6.80. The molecule has 1 amide bonds. The number of nitrogens with two attached hydrogens (primary N) is 1. The first kappa shape index (κ1) is 16.0. The molecule has 0 saturated carbocycles. The number of nitrogens with one attached hydrogen (secondary N) is 1. The standard InChI is InChI=1S/C16H19BrN2OS/c1-16(2,11-3-5-12(18)6-4-11)15(20)19-10-9-13-7-8-14(17)21-13/h3-8H,9-10,18H2,1-2H3,(H,19,20). The first-order valence-electron chi connectivity index (χ1n) is 6.78. The van der Waals surface area contributed by atoms with E-state index in [1.807, 2.05) is 44.2 Å². The molecule has 0 aliphatic heterocycles. The lowest BCUT2D eigenvalue weighted by atomic mass is 9.83. The highest BCUT2D eigenvalue weighted by Gasteiger charge is 2.29. The zero-order chi connectivity index (χ0) is 15.5. The summed E-state index contributed by atoms with van der Waals surface area (Å²) >= 11 is 5.14. The Labute approximate surface area is 137 Å². The number of nitrogen functional groups attached to an aromatic ring is 1. The maximum absolute atomic E-state index is 12.4. The number of carbonyl (C=O) groups is 1. The molecule has 1 aromatic carbocycles. The normalized spacial score (nSPS) is 11.4. The van der Waals surface area contributed by atoms with Crippen LogP contribution < -0.4 is 11.1 Å². The van der Waals surface area contributed by atoms with Crippen LogP contribution in [-0.4, -0.2) is 12.5 Å². The van der Waals surface area contributed by atoms with Gasteiger partial charge in [-0.05, 0) is 66.0 Å². The Balaban J connectivity index is 1.93. The van der Waals surface area contributed by atoms with Crippen LogP contribution in [0, 0.1) is 0 Å². The zero-order valence-corrected chi connectivity index (χ0v) is 14.6. The van der Waals surface area contributed by atoms with Crippen molar-refractivity contribution in [2.45, 2.75) is 25.7 Å². The molecule has 0 saturated heterocycles. The van der Waals surface area contributed by atoms with Gasteiger partial charge in [0, 0.05) is 17.1 Å². The molecule has 1 heterocycles. The number of rotatable bonds is 5. The maximum atomic E-state index is 12.4. The van der Waals surface area contributed by atoms with E-state index in [1.165, 1.54) is 4.88 Å². The summed E-state index contributed by atoms with van der Waals surface area (Å²) in [6, 6.07) is 11.6. The predicted molar refractivity (Wildman–Crippen MR) is 92.6 cm³/mol. The molecule has 0 fully saturated rings. The van der Waals surface area contributed by atoms with Crippen LogP contribution in [0.1, 0.15) is 24.3 Å². The molecular formula is C16H19BrN2OS. The minimum absolute atomic E-state index is 0.0305. The first-order chi connectivity index (χ1) is 9.89. The van der Waals surface area contributed by atoms with Crippen molar-refractivity contribution in [2.24, 2.45) is 0 Å². The molecule has 3 N–H and O–H groups in total. The Morgan fingerprint density at radius 3 is 2.48 bits per heavy atom. The second kappa shape index (κ2) is 6.62. The molecule has 0 bridgehead atoms. The third-order valence-corrected chi connectivity index (χ3v) is 5.17. The average molecular weight is 367 g/mol. The van der Waals surface area contributed by atoms with E-state index in [2.05, 4.69) is 27.3 Å². The quantitative estimate of drug-likeness (QED) is 0.792. The number of carbonyl (C=O) groups excluding carboxylic acids is 1. The van der Waals surface area contributed by atoms with Crippen molar-refractivity contribution in [3.63, 3.8) is 0 Å². The molecule has 0 atom stereocenters. The Morgan fingerprint density at radius 2 is 1.90 bits per heavy atom. The van der Waals surface area contributed by atoms with Gasteiger partial charge in [0.25, 0.3) is 0 Å². The highest BCUT2D eigenvalue weighted by Crippen LogP contribution is 2.25. The third kappa shape index (κ3) is 4.08. The Hall–Kier alpha value is -1.33. The van der Waals surface area contributed by atoms with E-state index in [0.717, 1.165) is 15.8 Å². The van der Waals surface area contributed by atoms with E-state index in [4.69, 9.17) is 5.73 Å². The average Bonchev–Trinajstić information content (AvgIpc) is 2.85. The summed E-state index contributed by atoms with van der Waals surface area (Å²) in [4.78, 5) is 13.7. The van der Waals surface area contributed by atoms with Crippen LogP contribution in [0.4, 0.5) is 5.69 Å². The number of hydrogen-bond donors (Lipinski definition) is 2. The predicted octanol–water partition coefficient (Wildman–Crippen LogP) is 3.73. The van der Waals surface area contributed by atoms with Crippen LogP contribution >= 0.6 is 27.3 Å². The SMILES string of the molecule is CC(C)(C(=O)NCCc1ccc(Br)s1)c1ccc(N)cc1. The van der Waals surface area contributed by atoms with Crippen LogP contribution in [0.3, 0.4) is 0 Å². The molecule has 2 rings (SSSR count). The molecule has 5 heteroatoms. The number of hydrogen-bond acceptors (Lipinski definition) is 3. The van der Waals surface area contributed by atoms with Crippen LogP contribution in [0.5, 0.6) is 0 Å². The molecule has 2 aromatic rings. The van der Waals surface area contributed by atoms with Crippen molar-refractivity contribution >= 4 is 38.9 Å². The van der Waals surface area contributed by atoms with Crippen LogP contribution in [0.25, 0.3) is 0 Å². The lowest BCUT2D eigenvalue weighted by Crippen LogP contribution is -2.40. The number of benzene rings is 1. The molecule has 3 nitrogen and oxygen atoms in total. The van der Waals surface area contributed by atoms with Crippen LogP contribution in [-0.2, 0) is 16.6 Å². The van der Waals surface area contributed by atoms with Crippen molar-refractivity contribution in [2.75, 3.05) is 12.3 Å². The second-order valence-electron chi connectivity index (χ2n) is 5.46. The molecule has 0 spiro atoms. The van der Waals surface area contributed by atoms with Gasteiger partial charge in [0.1, 0.15) is 0 Å². The molecular weight excluding hydrogens is 348 g/mol. The Morgan fingerprint density at radius 1 is 1.24 bits per heavy atom. The van der Waals surface area contributed by atoms with Gasteiger partial charge < -0.3 is 11.1 Å². The van der Waals surface area contributed by atoms with Crippen LogP contribution in [0.2, 0.25) is 0 Å². The number of thiophene rings is 1. The fourth-order valence-electron chi connectivity index (χ4n) is 2.04. The molecule has 0 aliphatic rings. The van der Waals surface area contributed by atoms with Crippen molar-refractivity contribution in [1.29, 1.82) is 0 Å². The van der Waals surface area contributed by atoms with Crippen molar-refractivity contribution in [3.8, 4) is 0 Å². The van der Waals surface area contributed by atoms with Gasteiger partial charge in [-0.1, -0.05) is 12.1 Å².